The van der Waals surface area contributed by atoms with Gasteiger partial charge in [-0.1, -0.05) is 0 Å². The third-order valence-corrected chi connectivity index (χ3v) is 8.14. The van der Waals surface area contributed by atoms with Gasteiger partial charge in [0.2, 0.25) is 5.91 Å². The molecule has 0 spiro atoms. The highest BCUT2D eigenvalue weighted by Gasteiger charge is 2.27. The lowest BCUT2D eigenvalue weighted by molar-refractivity contribution is -0.384. The Bertz CT molecular complexity index is 1320. The van der Waals surface area contributed by atoms with Crippen molar-refractivity contribution in [3.8, 4) is 5.00 Å². The van der Waals surface area contributed by atoms with E-state index in [4.69, 9.17) is 0 Å². The van der Waals surface area contributed by atoms with Gasteiger partial charge in [0, 0.05) is 38.9 Å². The summed E-state index contributed by atoms with van der Waals surface area (Å²) in [6.07, 6.45) is 5.35. The van der Waals surface area contributed by atoms with Gasteiger partial charge < -0.3 is 9.67 Å². The normalized spacial score (nSPS) is 13.1. The highest BCUT2D eigenvalue weighted by Crippen LogP contribution is 2.38. The molecule has 0 aliphatic heterocycles. The van der Waals surface area contributed by atoms with Crippen molar-refractivity contribution in [2.45, 2.75) is 44.4 Å². The number of hydrogen-bond acceptors (Lipinski definition) is 7. The molecule has 182 valence electrons. The molecule has 0 atom stereocenters. The number of hydrogen-bond donors (Lipinski definition) is 2. The number of carbonyl (C=O) groups excluding carboxylic acids is 1. The van der Waals surface area contributed by atoms with Gasteiger partial charge in [-0.25, -0.2) is 10.2 Å². The predicted octanol–water partition coefficient (Wildman–Crippen LogP) is 4.88. The summed E-state index contributed by atoms with van der Waals surface area (Å²) < 4.78 is 1.96. The number of thioether (sulfide) groups is 1. The number of rotatable bonds is 8. The van der Waals surface area contributed by atoms with E-state index in [1.807, 2.05) is 24.5 Å². The molecular weight excluding hydrogens is 488 g/mol. The third-order valence-electron chi connectivity index (χ3n) is 5.85. The molecule has 3 aromatic rings. The Kier molecular flexibility index (Phi) is 7.37. The summed E-state index contributed by atoms with van der Waals surface area (Å²) in [5.41, 5.74) is 6.38. The van der Waals surface area contributed by atoms with Gasteiger partial charge in [-0.15, -0.1) is 23.1 Å². The molecule has 9 nitrogen and oxygen atoms in total. The predicted molar refractivity (Wildman–Crippen MR) is 136 cm³/mol. The van der Waals surface area contributed by atoms with Gasteiger partial charge in [0.25, 0.3) is 5.69 Å². The van der Waals surface area contributed by atoms with Gasteiger partial charge in [0.05, 0.1) is 22.5 Å². The number of nitrogens with one attached hydrogen (secondary N) is 1. The summed E-state index contributed by atoms with van der Waals surface area (Å²) in [7, 11) is 0. The molecule has 0 fully saturated rings. The van der Waals surface area contributed by atoms with Crippen LogP contribution in [0, 0.1) is 24.0 Å². The summed E-state index contributed by atoms with van der Waals surface area (Å²) in [6, 6.07) is 7.91. The smallest absolute Gasteiger partial charge is 0.339 e. The average Bonchev–Trinajstić information content (AvgIpc) is 3.34. The number of nitrogens with zero attached hydrogens (tertiary/aromatic N) is 3. The number of carboxylic acid groups (broad SMARTS) is 1. The van der Waals surface area contributed by atoms with Gasteiger partial charge in [0.15, 0.2) is 0 Å². The zero-order chi connectivity index (χ0) is 25.1. The first-order valence-electron chi connectivity index (χ1n) is 11.0. The molecule has 1 aliphatic rings. The molecule has 0 radical (unpaired) electrons. The second kappa shape index (κ2) is 10.4. The lowest BCUT2D eigenvalue weighted by Crippen LogP contribution is -2.19. The van der Waals surface area contributed by atoms with Crippen LogP contribution in [-0.4, -0.2) is 38.4 Å². The maximum Gasteiger partial charge on any atom is 0.339 e. The first-order valence-corrected chi connectivity index (χ1v) is 12.8. The number of amides is 1. The lowest BCUT2D eigenvalue weighted by Gasteiger charge is -2.11. The SMILES string of the molecule is Cc1cc(/C=N\NC(=O)CSc2ccc([N+](=O)[O-])cc2)c(C)n1-c1sc2c(c1C(=O)O)CCCC2. The van der Waals surface area contributed by atoms with Crippen molar-refractivity contribution in [2.75, 3.05) is 5.75 Å². The zero-order valence-electron chi connectivity index (χ0n) is 19.2. The van der Waals surface area contributed by atoms with Crippen LogP contribution in [0.5, 0.6) is 0 Å². The minimum Gasteiger partial charge on any atom is -0.478 e. The Balaban J connectivity index is 1.45. The number of aromatic nitrogens is 1. The molecule has 1 aliphatic carbocycles. The van der Waals surface area contributed by atoms with Gasteiger partial charge in [-0.3, -0.25) is 14.9 Å². The number of aryl methyl sites for hydroxylation is 2. The van der Waals surface area contributed by atoms with Crippen LogP contribution in [0.25, 0.3) is 5.00 Å². The number of benzene rings is 1. The molecule has 0 unspecified atom stereocenters. The molecule has 35 heavy (non-hydrogen) atoms. The number of hydrazone groups is 1. The van der Waals surface area contributed by atoms with Crippen LogP contribution in [0.4, 0.5) is 5.69 Å². The van der Waals surface area contributed by atoms with Crippen LogP contribution in [0.1, 0.15) is 50.6 Å². The van der Waals surface area contributed by atoms with Gasteiger partial charge >= 0.3 is 5.97 Å². The van der Waals surface area contributed by atoms with Crippen molar-refractivity contribution >= 4 is 46.9 Å². The number of fused-ring (bicyclic) bond motifs is 1. The third kappa shape index (κ3) is 5.30. The van der Waals surface area contributed by atoms with Gasteiger partial charge in [-0.2, -0.15) is 5.10 Å². The summed E-state index contributed by atoms with van der Waals surface area (Å²) in [4.78, 5) is 36.4. The summed E-state index contributed by atoms with van der Waals surface area (Å²) >= 11 is 2.80. The quantitative estimate of drug-likeness (QED) is 0.192. The number of carboxylic acids is 1. The maximum absolute atomic E-state index is 12.2. The van der Waals surface area contributed by atoms with Crippen molar-refractivity contribution in [3.63, 3.8) is 0 Å². The Hall–Kier alpha value is -3.44. The minimum atomic E-state index is -0.903. The van der Waals surface area contributed by atoms with Crippen LogP contribution in [0.3, 0.4) is 0 Å². The van der Waals surface area contributed by atoms with E-state index in [2.05, 4.69) is 10.5 Å². The second-order valence-corrected chi connectivity index (χ2v) is 10.3. The van der Waals surface area contributed by atoms with Crippen LogP contribution >= 0.6 is 23.1 Å². The fourth-order valence-corrected chi connectivity index (χ4v) is 6.36. The molecule has 2 N–H and O–H groups in total. The Labute approximate surface area is 210 Å². The lowest BCUT2D eigenvalue weighted by atomic mass is 9.95. The first-order chi connectivity index (χ1) is 16.8. The van der Waals surface area contributed by atoms with Crippen molar-refractivity contribution < 1.29 is 19.6 Å². The summed E-state index contributed by atoms with van der Waals surface area (Å²) in [5.74, 6) is -1.10. The average molecular weight is 513 g/mol. The monoisotopic (exact) mass is 512 g/mol. The van der Waals surface area contributed by atoms with Crippen molar-refractivity contribution in [3.05, 3.63) is 73.4 Å². The summed E-state index contributed by atoms with van der Waals surface area (Å²) in [5, 5.41) is 25.4. The Morgan fingerprint density at radius 2 is 1.97 bits per heavy atom. The number of non-ortho nitro benzene ring substituents is 1. The van der Waals surface area contributed by atoms with Crippen LogP contribution in [0.15, 0.2) is 40.3 Å². The maximum atomic E-state index is 12.2. The van der Waals surface area contributed by atoms with Gasteiger partial charge in [-0.05, 0) is 63.3 Å². The molecule has 0 bridgehead atoms. The molecule has 4 rings (SSSR count). The topological polar surface area (TPSA) is 127 Å². The van der Waals surface area contributed by atoms with Crippen LogP contribution in [0.2, 0.25) is 0 Å². The molecular formula is C24H24N4O5S2. The number of nitro groups is 1. The van der Waals surface area contributed by atoms with E-state index in [0.717, 1.165) is 63.0 Å². The van der Waals surface area contributed by atoms with Crippen LogP contribution < -0.4 is 5.43 Å². The fraction of sp³-hybridized carbons (Fsp3) is 0.292. The Morgan fingerprint density at radius 1 is 1.26 bits per heavy atom. The minimum absolute atomic E-state index is 0.000746. The molecule has 2 heterocycles. The van der Waals surface area contributed by atoms with Crippen molar-refractivity contribution in [1.82, 2.24) is 9.99 Å². The van der Waals surface area contributed by atoms with E-state index < -0.39 is 10.9 Å². The van der Waals surface area contributed by atoms with E-state index >= 15 is 0 Å². The molecule has 0 saturated carbocycles. The molecule has 1 aromatic carbocycles. The van der Waals surface area contributed by atoms with E-state index in [-0.39, 0.29) is 17.3 Å². The fourth-order valence-electron chi connectivity index (χ4n) is 4.18. The van der Waals surface area contributed by atoms with E-state index in [0.29, 0.717) is 5.56 Å². The molecule has 2 aromatic heterocycles. The summed E-state index contributed by atoms with van der Waals surface area (Å²) in [6.45, 7) is 3.83. The van der Waals surface area contributed by atoms with Crippen molar-refractivity contribution in [2.24, 2.45) is 5.10 Å². The van der Waals surface area contributed by atoms with Gasteiger partial charge in [0.1, 0.15) is 5.00 Å². The van der Waals surface area contributed by atoms with E-state index in [1.165, 1.54) is 23.9 Å². The number of carbonyl (C=O) groups is 2. The zero-order valence-corrected chi connectivity index (χ0v) is 20.9. The van der Waals surface area contributed by atoms with E-state index in [9.17, 15) is 24.8 Å². The first kappa shape index (κ1) is 24.7. The highest BCUT2D eigenvalue weighted by atomic mass is 32.2. The van der Waals surface area contributed by atoms with Crippen LogP contribution in [-0.2, 0) is 17.6 Å². The highest BCUT2D eigenvalue weighted by molar-refractivity contribution is 8.00. The number of nitro benzene ring substituents is 1. The van der Waals surface area contributed by atoms with E-state index in [1.54, 1.807) is 29.7 Å². The Morgan fingerprint density at radius 3 is 2.66 bits per heavy atom. The standard InChI is InChI=1S/C24H24N4O5S2/c1-14-11-16(12-25-26-21(29)13-34-18-9-7-17(8-10-18)28(32)33)15(2)27(14)23-22(24(30)31)19-5-3-4-6-20(19)35-23/h7-12H,3-6,13H2,1-2H3,(H,26,29)(H,30,31)/b25-12-. The number of thiophene rings is 1. The molecule has 11 heteroatoms. The molecule has 1 amide bonds. The second-order valence-electron chi connectivity index (χ2n) is 8.19. The number of aromatic carboxylic acids is 1. The molecule has 0 saturated heterocycles. The van der Waals surface area contributed by atoms with Crippen molar-refractivity contribution in [1.29, 1.82) is 0 Å². The largest absolute Gasteiger partial charge is 0.478 e.